The molecular formula is C10H12ClNNaO6. The molecule has 9 heteroatoms. The van der Waals surface area contributed by atoms with Gasteiger partial charge < -0.3 is 20.4 Å². The number of ether oxygens (including phenoxy) is 2. The molecule has 1 aliphatic heterocycles. The molecule has 19 heavy (non-hydrogen) atoms. The number of amides is 2. The Morgan fingerprint density at radius 2 is 1.95 bits per heavy atom. The van der Waals surface area contributed by atoms with Crippen molar-refractivity contribution in [3.05, 3.63) is 28.8 Å². The second-order valence-corrected chi connectivity index (χ2v) is 3.54. The number of halogens is 1. The standard InChI is InChI=1S/C10H8ClNO4.Na.2H2O/c1-15-6-4-2-3-5(11)7(6)8-9(13)12-10(14)16-8;;;/h2-4,8H,1H3,(H,12,13,14);;2*1H2. The minimum absolute atomic E-state index is 0. The number of carbonyl (C=O) groups excluding carboxylic acids is 2. The molecule has 1 unspecified atom stereocenters. The number of methoxy groups -OCH3 is 1. The van der Waals surface area contributed by atoms with Gasteiger partial charge in [0.25, 0.3) is 5.91 Å². The molecule has 1 heterocycles. The number of carbonyl (C=O) groups is 2. The first-order valence-corrected chi connectivity index (χ1v) is 4.85. The zero-order valence-electron chi connectivity index (χ0n) is 10.3. The molecule has 0 bridgehead atoms. The summed E-state index contributed by atoms with van der Waals surface area (Å²) >= 11 is 5.95. The van der Waals surface area contributed by atoms with Crippen LogP contribution in [-0.2, 0) is 9.53 Å². The largest absolute Gasteiger partial charge is 0.496 e. The molecule has 5 N–H and O–H groups in total. The van der Waals surface area contributed by atoms with E-state index in [2.05, 4.69) is 0 Å². The van der Waals surface area contributed by atoms with Gasteiger partial charge in [-0.3, -0.25) is 10.1 Å². The van der Waals surface area contributed by atoms with Gasteiger partial charge in [-0.15, -0.1) is 0 Å². The summed E-state index contributed by atoms with van der Waals surface area (Å²) in [4.78, 5) is 22.3. The summed E-state index contributed by atoms with van der Waals surface area (Å²) in [5.74, 6) is -0.140. The number of nitrogens with one attached hydrogen (secondary N) is 1. The molecule has 101 valence electrons. The summed E-state index contributed by atoms with van der Waals surface area (Å²) in [5, 5.41) is 2.34. The molecular weight excluding hydrogens is 289 g/mol. The van der Waals surface area contributed by atoms with Gasteiger partial charge in [0.1, 0.15) is 5.75 Å². The maximum absolute atomic E-state index is 11.4. The first kappa shape index (κ1) is 20.5. The Kier molecular flexibility index (Phi) is 9.02. The van der Waals surface area contributed by atoms with E-state index >= 15 is 0 Å². The van der Waals surface area contributed by atoms with Crippen LogP contribution in [0.1, 0.15) is 11.7 Å². The molecule has 1 radical (unpaired) electrons. The third-order valence-corrected chi connectivity index (χ3v) is 2.51. The Labute approximate surface area is 136 Å². The van der Waals surface area contributed by atoms with E-state index in [1.807, 2.05) is 5.32 Å². The van der Waals surface area contributed by atoms with Gasteiger partial charge in [0.2, 0.25) is 6.10 Å². The van der Waals surface area contributed by atoms with E-state index in [0.29, 0.717) is 16.3 Å². The van der Waals surface area contributed by atoms with E-state index in [9.17, 15) is 9.59 Å². The smallest absolute Gasteiger partial charge is 0.415 e. The van der Waals surface area contributed by atoms with Gasteiger partial charge in [0.05, 0.1) is 17.7 Å². The second-order valence-electron chi connectivity index (χ2n) is 3.13. The Balaban J connectivity index is 0. The molecule has 1 fully saturated rings. The van der Waals surface area contributed by atoms with Crippen molar-refractivity contribution in [3.63, 3.8) is 0 Å². The number of hydrogen-bond acceptors (Lipinski definition) is 4. The van der Waals surface area contributed by atoms with Crippen LogP contribution in [0.3, 0.4) is 0 Å². The molecule has 0 saturated carbocycles. The third kappa shape index (κ3) is 4.07. The van der Waals surface area contributed by atoms with E-state index in [1.165, 1.54) is 7.11 Å². The monoisotopic (exact) mass is 300 g/mol. The van der Waals surface area contributed by atoms with E-state index in [1.54, 1.807) is 18.2 Å². The number of imide groups is 1. The van der Waals surface area contributed by atoms with Crippen molar-refractivity contribution in [1.82, 2.24) is 5.32 Å². The van der Waals surface area contributed by atoms with Crippen LogP contribution in [0.5, 0.6) is 5.75 Å². The third-order valence-electron chi connectivity index (χ3n) is 2.18. The van der Waals surface area contributed by atoms with Crippen LogP contribution in [0.15, 0.2) is 18.2 Å². The van der Waals surface area contributed by atoms with Crippen LogP contribution in [0, 0.1) is 0 Å². The summed E-state index contributed by atoms with van der Waals surface area (Å²) in [6, 6.07) is 4.92. The summed E-state index contributed by atoms with van der Waals surface area (Å²) in [7, 11) is 1.45. The van der Waals surface area contributed by atoms with Crippen LogP contribution in [-0.4, -0.2) is 59.6 Å². The van der Waals surface area contributed by atoms with Crippen LogP contribution < -0.4 is 10.1 Å². The zero-order valence-corrected chi connectivity index (χ0v) is 13.1. The van der Waals surface area contributed by atoms with Crippen molar-refractivity contribution in [1.29, 1.82) is 0 Å². The maximum atomic E-state index is 11.4. The predicted molar refractivity (Wildman–Crippen MR) is 68.4 cm³/mol. The topological polar surface area (TPSA) is 128 Å². The molecule has 1 aromatic carbocycles. The quantitative estimate of drug-likeness (QED) is 0.747. The maximum Gasteiger partial charge on any atom is 0.415 e. The summed E-state index contributed by atoms with van der Waals surface area (Å²) < 4.78 is 9.89. The molecule has 1 atom stereocenters. The first-order valence-electron chi connectivity index (χ1n) is 4.47. The van der Waals surface area contributed by atoms with Gasteiger partial charge in [-0.1, -0.05) is 17.7 Å². The molecule has 7 nitrogen and oxygen atoms in total. The molecule has 0 aliphatic carbocycles. The number of benzene rings is 1. The van der Waals surface area contributed by atoms with Gasteiger partial charge >= 0.3 is 6.09 Å². The molecule has 0 aromatic heterocycles. The van der Waals surface area contributed by atoms with Gasteiger partial charge in [-0.2, -0.15) is 0 Å². The number of alkyl carbamates (subject to hydrolysis) is 1. The van der Waals surface area contributed by atoms with Crippen LogP contribution >= 0.6 is 11.6 Å². The average Bonchev–Trinajstić information content (AvgIpc) is 2.57. The fraction of sp³-hybridized carbons (Fsp3) is 0.200. The predicted octanol–water partition coefficient (Wildman–Crippen LogP) is -0.374. The van der Waals surface area contributed by atoms with E-state index < -0.39 is 18.1 Å². The number of hydrogen-bond donors (Lipinski definition) is 1. The summed E-state index contributed by atoms with van der Waals surface area (Å²) in [6.07, 6.45) is -1.83. The molecule has 1 aliphatic rings. The molecule has 1 aromatic rings. The molecule has 1 saturated heterocycles. The minimum atomic E-state index is -1.05. The fourth-order valence-electron chi connectivity index (χ4n) is 1.50. The average molecular weight is 301 g/mol. The van der Waals surface area contributed by atoms with Crippen molar-refractivity contribution in [2.75, 3.05) is 7.11 Å². The van der Waals surface area contributed by atoms with E-state index in [-0.39, 0.29) is 40.5 Å². The van der Waals surface area contributed by atoms with Crippen molar-refractivity contribution in [2.24, 2.45) is 0 Å². The van der Waals surface area contributed by atoms with Crippen LogP contribution in [0.2, 0.25) is 5.02 Å². The Morgan fingerprint density at radius 3 is 2.42 bits per heavy atom. The number of cyclic esters (lactones) is 1. The summed E-state index contributed by atoms with van der Waals surface area (Å²) in [6.45, 7) is 0. The normalized spacial score (nSPS) is 16.2. The van der Waals surface area contributed by atoms with E-state index in [4.69, 9.17) is 21.1 Å². The van der Waals surface area contributed by atoms with Crippen molar-refractivity contribution in [3.8, 4) is 5.75 Å². The van der Waals surface area contributed by atoms with Gasteiger partial charge in [0, 0.05) is 29.6 Å². The minimum Gasteiger partial charge on any atom is -0.496 e. The van der Waals surface area contributed by atoms with Crippen molar-refractivity contribution in [2.45, 2.75) is 6.10 Å². The second kappa shape index (κ2) is 8.36. The molecule has 0 spiro atoms. The van der Waals surface area contributed by atoms with Gasteiger partial charge in [-0.05, 0) is 12.1 Å². The van der Waals surface area contributed by atoms with Crippen LogP contribution in [0.4, 0.5) is 4.79 Å². The van der Waals surface area contributed by atoms with Gasteiger partial charge in [-0.25, -0.2) is 4.79 Å². The zero-order chi connectivity index (χ0) is 11.7. The fourth-order valence-corrected chi connectivity index (χ4v) is 1.76. The summed E-state index contributed by atoms with van der Waals surface area (Å²) in [5.41, 5.74) is 0.356. The van der Waals surface area contributed by atoms with Crippen molar-refractivity contribution < 1.29 is 30.0 Å². The van der Waals surface area contributed by atoms with Crippen LogP contribution in [0.25, 0.3) is 0 Å². The number of rotatable bonds is 2. The van der Waals surface area contributed by atoms with Gasteiger partial charge in [0.15, 0.2) is 0 Å². The van der Waals surface area contributed by atoms with Crippen molar-refractivity contribution >= 4 is 53.2 Å². The molecule has 2 rings (SSSR count). The van der Waals surface area contributed by atoms with E-state index in [0.717, 1.165) is 0 Å². The Hall–Kier alpha value is -0.830. The Bertz CT molecular complexity index is 469. The Morgan fingerprint density at radius 1 is 1.32 bits per heavy atom. The SMILES string of the molecule is COc1cccc(Cl)c1C1OC(=O)NC1=O.O.O.[Na]. The first-order chi connectivity index (χ1) is 7.63. The molecule has 2 amide bonds.